The van der Waals surface area contributed by atoms with Crippen molar-refractivity contribution in [2.24, 2.45) is 0 Å². The van der Waals surface area contributed by atoms with Gasteiger partial charge in [0.15, 0.2) is 0 Å². The van der Waals surface area contributed by atoms with Gasteiger partial charge in [-0.05, 0) is 25.0 Å². The SMILES string of the molecule is O=C(Nc1cccc2cccnc12)NC1CCCCC1. The van der Waals surface area contributed by atoms with Crippen LogP contribution in [-0.2, 0) is 0 Å². The average molecular weight is 269 g/mol. The molecular weight excluding hydrogens is 250 g/mol. The zero-order chi connectivity index (χ0) is 13.8. The number of carbonyl (C=O) groups is 1. The van der Waals surface area contributed by atoms with Crippen LogP contribution in [0.5, 0.6) is 0 Å². The Morgan fingerprint density at radius 3 is 2.75 bits per heavy atom. The molecule has 20 heavy (non-hydrogen) atoms. The molecule has 0 aliphatic heterocycles. The summed E-state index contributed by atoms with van der Waals surface area (Å²) >= 11 is 0. The van der Waals surface area contributed by atoms with E-state index in [-0.39, 0.29) is 6.03 Å². The van der Waals surface area contributed by atoms with Crippen LogP contribution in [0.25, 0.3) is 10.9 Å². The smallest absolute Gasteiger partial charge is 0.319 e. The molecule has 0 radical (unpaired) electrons. The van der Waals surface area contributed by atoms with Crippen molar-refractivity contribution in [3.05, 3.63) is 36.5 Å². The molecule has 0 unspecified atom stereocenters. The van der Waals surface area contributed by atoms with Gasteiger partial charge in [0, 0.05) is 17.6 Å². The maximum Gasteiger partial charge on any atom is 0.319 e. The fourth-order valence-electron chi connectivity index (χ4n) is 2.80. The van der Waals surface area contributed by atoms with Crippen molar-refractivity contribution >= 4 is 22.6 Å². The second-order valence-corrected chi connectivity index (χ2v) is 5.31. The van der Waals surface area contributed by atoms with E-state index in [1.54, 1.807) is 6.20 Å². The lowest BCUT2D eigenvalue weighted by atomic mass is 9.96. The number of hydrogen-bond acceptors (Lipinski definition) is 2. The second kappa shape index (κ2) is 5.90. The number of hydrogen-bond donors (Lipinski definition) is 2. The van der Waals surface area contributed by atoms with E-state index in [0.29, 0.717) is 6.04 Å². The minimum atomic E-state index is -0.130. The Morgan fingerprint density at radius 2 is 1.90 bits per heavy atom. The van der Waals surface area contributed by atoms with Gasteiger partial charge < -0.3 is 10.6 Å². The summed E-state index contributed by atoms with van der Waals surface area (Å²) < 4.78 is 0. The second-order valence-electron chi connectivity index (χ2n) is 5.31. The summed E-state index contributed by atoms with van der Waals surface area (Å²) in [5, 5.41) is 7.00. The maximum atomic E-state index is 12.1. The number of pyridine rings is 1. The van der Waals surface area contributed by atoms with Gasteiger partial charge in [0.05, 0.1) is 11.2 Å². The van der Waals surface area contributed by atoms with Crippen molar-refractivity contribution in [2.45, 2.75) is 38.1 Å². The Kier molecular flexibility index (Phi) is 3.81. The molecule has 3 rings (SSSR count). The molecule has 1 aromatic carbocycles. The Labute approximate surface area is 118 Å². The molecule has 0 spiro atoms. The van der Waals surface area contributed by atoms with E-state index in [4.69, 9.17) is 0 Å². The molecule has 104 valence electrons. The van der Waals surface area contributed by atoms with Gasteiger partial charge in [-0.15, -0.1) is 0 Å². The van der Waals surface area contributed by atoms with E-state index in [1.807, 2.05) is 30.3 Å². The highest BCUT2D eigenvalue weighted by Gasteiger charge is 2.16. The lowest BCUT2D eigenvalue weighted by Gasteiger charge is -2.23. The Hall–Kier alpha value is -2.10. The van der Waals surface area contributed by atoms with Crippen LogP contribution in [0.3, 0.4) is 0 Å². The van der Waals surface area contributed by atoms with Crippen LogP contribution in [0.15, 0.2) is 36.5 Å². The number of nitrogens with one attached hydrogen (secondary N) is 2. The summed E-state index contributed by atoms with van der Waals surface area (Å²) in [6.07, 6.45) is 7.61. The van der Waals surface area contributed by atoms with Gasteiger partial charge in [0.2, 0.25) is 0 Å². The first-order valence-electron chi connectivity index (χ1n) is 7.24. The first-order valence-corrected chi connectivity index (χ1v) is 7.24. The van der Waals surface area contributed by atoms with Gasteiger partial charge in [-0.3, -0.25) is 4.98 Å². The maximum absolute atomic E-state index is 12.1. The Morgan fingerprint density at radius 1 is 1.10 bits per heavy atom. The summed E-state index contributed by atoms with van der Waals surface area (Å²) in [5.41, 5.74) is 1.59. The lowest BCUT2D eigenvalue weighted by molar-refractivity contribution is 0.244. The summed E-state index contributed by atoms with van der Waals surface area (Å²) in [4.78, 5) is 16.4. The zero-order valence-corrected chi connectivity index (χ0v) is 11.4. The van der Waals surface area contributed by atoms with Crippen LogP contribution in [0.2, 0.25) is 0 Å². The number of rotatable bonds is 2. The molecule has 2 aromatic rings. The number of nitrogens with zero attached hydrogens (tertiary/aromatic N) is 1. The molecule has 4 nitrogen and oxygen atoms in total. The number of carbonyl (C=O) groups excluding carboxylic acids is 1. The first kappa shape index (κ1) is 12.9. The zero-order valence-electron chi connectivity index (χ0n) is 11.4. The number of aromatic nitrogens is 1. The van der Waals surface area contributed by atoms with Crippen molar-refractivity contribution in [1.29, 1.82) is 0 Å². The highest BCUT2D eigenvalue weighted by molar-refractivity contribution is 5.99. The van der Waals surface area contributed by atoms with E-state index in [2.05, 4.69) is 15.6 Å². The molecule has 2 N–H and O–H groups in total. The molecular formula is C16H19N3O. The predicted molar refractivity (Wildman–Crippen MR) is 80.8 cm³/mol. The fraction of sp³-hybridized carbons (Fsp3) is 0.375. The molecule has 1 saturated carbocycles. The van der Waals surface area contributed by atoms with Crippen molar-refractivity contribution in [3.63, 3.8) is 0 Å². The van der Waals surface area contributed by atoms with E-state index >= 15 is 0 Å². The fourth-order valence-corrected chi connectivity index (χ4v) is 2.80. The van der Waals surface area contributed by atoms with Crippen LogP contribution >= 0.6 is 0 Å². The van der Waals surface area contributed by atoms with Gasteiger partial charge in [-0.1, -0.05) is 37.5 Å². The molecule has 4 heteroatoms. The average Bonchev–Trinajstić information content (AvgIpc) is 2.48. The van der Waals surface area contributed by atoms with Gasteiger partial charge in [0.25, 0.3) is 0 Å². The molecule has 1 aromatic heterocycles. The van der Waals surface area contributed by atoms with E-state index in [9.17, 15) is 4.79 Å². The third-order valence-electron chi connectivity index (χ3n) is 3.82. The van der Waals surface area contributed by atoms with Crippen molar-refractivity contribution in [2.75, 3.05) is 5.32 Å². The minimum Gasteiger partial charge on any atom is -0.335 e. The van der Waals surface area contributed by atoms with E-state index < -0.39 is 0 Å². The van der Waals surface area contributed by atoms with Gasteiger partial charge in [-0.25, -0.2) is 4.79 Å². The van der Waals surface area contributed by atoms with E-state index in [0.717, 1.165) is 29.4 Å². The molecule has 1 heterocycles. The molecule has 1 aliphatic rings. The van der Waals surface area contributed by atoms with Gasteiger partial charge >= 0.3 is 6.03 Å². The van der Waals surface area contributed by atoms with Crippen molar-refractivity contribution in [3.8, 4) is 0 Å². The van der Waals surface area contributed by atoms with Gasteiger partial charge in [0.1, 0.15) is 0 Å². The highest BCUT2D eigenvalue weighted by atomic mass is 16.2. The number of amides is 2. The quantitative estimate of drug-likeness (QED) is 0.873. The molecule has 0 saturated heterocycles. The number of benzene rings is 1. The minimum absolute atomic E-state index is 0.130. The molecule has 1 aliphatic carbocycles. The molecule has 0 bridgehead atoms. The third kappa shape index (κ3) is 2.90. The van der Waals surface area contributed by atoms with Crippen LogP contribution in [-0.4, -0.2) is 17.1 Å². The first-order chi connectivity index (χ1) is 9.83. The predicted octanol–water partition coefficient (Wildman–Crippen LogP) is 3.69. The topological polar surface area (TPSA) is 54.0 Å². The third-order valence-corrected chi connectivity index (χ3v) is 3.82. The van der Waals surface area contributed by atoms with Crippen LogP contribution in [0, 0.1) is 0 Å². The van der Waals surface area contributed by atoms with Crippen LogP contribution < -0.4 is 10.6 Å². The number of urea groups is 1. The summed E-state index contributed by atoms with van der Waals surface area (Å²) in [5.74, 6) is 0. The standard InChI is InChI=1S/C16H19N3O/c20-16(18-13-8-2-1-3-9-13)19-14-10-4-6-12-7-5-11-17-15(12)14/h4-7,10-11,13H,1-3,8-9H2,(H2,18,19,20). The largest absolute Gasteiger partial charge is 0.335 e. The summed E-state index contributed by atoms with van der Waals surface area (Å²) in [7, 11) is 0. The molecule has 2 amide bonds. The summed E-state index contributed by atoms with van der Waals surface area (Å²) in [6, 6.07) is 9.88. The summed E-state index contributed by atoms with van der Waals surface area (Å²) in [6.45, 7) is 0. The Bertz CT molecular complexity index is 600. The van der Waals surface area contributed by atoms with Crippen molar-refractivity contribution in [1.82, 2.24) is 10.3 Å². The lowest BCUT2D eigenvalue weighted by Crippen LogP contribution is -2.39. The van der Waals surface area contributed by atoms with Crippen LogP contribution in [0.1, 0.15) is 32.1 Å². The van der Waals surface area contributed by atoms with Crippen LogP contribution in [0.4, 0.5) is 10.5 Å². The molecule has 1 fully saturated rings. The number of fused-ring (bicyclic) bond motifs is 1. The number of anilines is 1. The van der Waals surface area contributed by atoms with E-state index in [1.165, 1.54) is 19.3 Å². The Balaban J connectivity index is 1.71. The van der Waals surface area contributed by atoms with Gasteiger partial charge in [-0.2, -0.15) is 0 Å². The van der Waals surface area contributed by atoms with Crippen molar-refractivity contribution < 1.29 is 4.79 Å². The molecule has 0 atom stereocenters. The monoisotopic (exact) mass is 269 g/mol. The number of para-hydroxylation sites is 1. The highest BCUT2D eigenvalue weighted by Crippen LogP contribution is 2.21. The normalized spacial score (nSPS) is 16.0.